The molecule has 0 fully saturated rings. The lowest BCUT2D eigenvalue weighted by Gasteiger charge is -2.10. The van der Waals surface area contributed by atoms with Gasteiger partial charge in [-0.3, -0.25) is 0 Å². The Morgan fingerprint density at radius 3 is 2.81 bits per heavy atom. The summed E-state index contributed by atoms with van der Waals surface area (Å²) >= 11 is 0. The zero-order valence-electron chi connectivity index (χ0n) is 9.79. The summed E-state index contributed by atoms with van der Waals surface area (Å²) in [6.07, 6.45) is 6.18. The standard InChI is InChI=1S/C15H16O/c1-11-4-6-13(3)14-7-5-12(2)10-15(14)16-9-8-11/h4-8,10H,3,9H2,1-2H3/b6-4-,11-8-. The van der Waals surface area contributed by atoms with E-state index >= 15 is 0 Å². The molecule has 0 saturated carbocycles. The molecule has 0 radical (unpaired) electrons. The van der Waals surface area contributed by atoms with E-state index < -0.39 is 0 Å². The highest BCUT2D eigenvalue weighted by Crippen LogP contribution is 2.28. The van der Waals surface area contributed by atoms with E-state index in [0.29, 0.717) is 6.61 Å². The van der Waals surface area contributed by atoms with E-state index in [1.807, 2.05) is 6.08 Å². The third-order valence-electron chi connectivity index (χ3n) is 2.67. The van der Waals surface area contributed by atoms with Crippen LogP contribution in [0.15, 0.2) is 48.6 Å². The number of ether oxygens (including phenoxy) is 1. The Morgan fingerprint density at radius 1 is 1.19 bits per heavy atom. The van der Waals surface area contributed by atoms with Crippen LogP contribution in [0, 0.1) is 6.92 Å². The molecule has 0 N–H and O–H groups in total. The lowest BCUT2D eigenvalue weighted by atomic mass is 10.0. The van der Waals surface area contributed by atoms with Crippen molar-refractivity contribution >= 4 is 5.57 Å². The molecule has 0 aromatic heterocycles. The number of hydrogen-bond donors (Lipinski definition) is 0. The highest BCUT2D eigenvalue weighted by molar-refractivity contribution is 5.76. The van der Waals surface area contributed by atoms with Crippen molar-refractivity contribution in [3.63, 3.8) is 0 Å². The molecular weight excluding hydrogens is 196 g/mol. The van der Waals surface area contributed by atoms with Gasteiger partial charge in [0.05, 0.1) is 0 Å². The van der Waals surface area contributed by atoms with Crippen LogP contribution in [0.25, 0.3) is 5.57 Å². The van der Waals surface area contributed by atoms with Gasteiger partial charge in [-0.15, -0.1) is 0 Å². The van der Waals surface area contributed by atoms with Crippen LogP contribution in [0.2, 0.25) is 0 Å². The van der Waals surface area contributed by atoms with Crippen molar-refractivity contribution in [2.75, 3.05) is 6.61 Å². The molecule has 0 unspecified atom stereocenters. The monoisotopic (exact) mass is 212 g/mol. The van der Waals surface area contributed by atoms with Crippen LogP contribution in [0.4, 0.5) is 0 Å². The fraction of sp³-hybridized carbons (Fsp3) is 0.200. The molecule has 1 aliphatic heterocycles. The maximum absolute atomic E-state index is 5.75. The van der Waals surface area contributed by atoms with Crippen molar-refractivity contribution in [1.29, 1.82) is 0 Å². The van der Waals surface area contributed by atoms with Gasteiger partial charge < -0.3 is 4.74 Å². The molecule has 0 atom stereocenters. The molecule has 1 heteroatoms. The predicted octanol–water partition coefficient (Wildman–Crippen LogP) is 3.90. The Bertz CT molecular complexity index is 478. The number of aryl methyl sites for hydroxylation is 1. The Labute approximate surface area is 96.8 Å². The molecule has 0 aliphatic carbocycles. The van der Waals surface area contributed by atoms with Crippen molar-refractivity contribution < 1.29 is 4.74 Å². The van der Waals surface area contributed by atoms with Crippen LogP contribution in [0.5, 0.6) is 5.75 Å². The van der Waals surface area contributed by atoms with E-state index in [0.717, 1.165) is 16.9 Å². The van der Waals surface area contributed by atoms with Crippen LogP contribution in [-0.2, 0) is 0 Å². The normalized spacial score (nSPS) is 20.6. The predicted molar refractivity (Wildman–Crippen MR) is 68.6 cm³/mol. The minimum absolute atomic E-state index is 0.611. The largest absolute Gasteiger partial charge is 0.489 e. The topological polar surface area (TPSA) is 9.23 Å². The smallest absolute Gasteiger partial charge is 0.127 e. The van der Waals surface area contributed by atoms with Gasteiger partial charge in [-0.05, 0) is 37.1 Å². The number of hydrogen-bond acceptors (Lipinski definition) is 1. The van der Waals surface area contributed by atoms with Crippen LogP contribution < -0.4 is 4.74 Å². The second kappa shape index (κ2) is 4.40. The molecule has 1 aromatic carbocycles. The van der Waals surface area contributed by atoms with Crippen molar-refractivity contribution in [3.05, 3.63) is 59.7 Å². The van der Waals surface area contributed by atoms with Crippen molar-refractivity contribution in [2.24, 2.45) is 0 Å². The second-order valence-corrected chi connectivity index (χ2v) is 4.12. The van der Waals surface area contributed by atoms with E-state index in [1.165, 1.54) is 11.1 Å². The fourth-order valence-corrected chi connectivity index (χ4v) is 1.67. The summed E-state index contributed by atoms with van der Waals surface area (Å²) in [5, 5.41) is 0. The molecular formula is C15H16O. The Kier molecular flexibility index (Phi) is 2.95. The minimum Gasteiger partial charge on any atom is -0.489 e. The molecule has 1 aromatic rings. The molecule has 1 aliphatic rings. The Morgan fingerprint density at radius 2 is 2.00 bits per heavy atom. The van der Waals surface area contributed by atoms with Crippen LogP contribution in [-0.4, -0.2) is 6.61 Å². The molecule has 1 nitrogen and oxygen atoms in total. The fourth-order valence-electron chi connectivity index (χ4n) is 1.67. The first-order valence-corrected chi connectivity index (χ1v) is 5.44. The maximum Gasteiger partial charge on any atom is 0.127 e. The summed E-state index contributed by atoms with van der Waals surface area (Å²) in [5.41, 5.74) is 4.47. The molecule has 1 heterocycles. The molecule has 0 saturated heterocycles. The zero-order chi connectivity index (χ0) is 11.5. The lowest BCUT2D eigenvalue weighted by molar-refractivity contribution is 0.361. The summed E-state index contributed by atoms with van der Waals surface area (Å²) in [5.74, 6) is 0.917. The Hall–Kier alpha value is -1.76. The van der Waals surface area contributed by atoms with Crippen LogP contribution in [0.3, 0.4) is 0 Å². The zero-order valence-corrected chi connectivity index (χ0v) is 9.79. The summed E-state index contributed by atoms with van der Waals surface area (Å²) in [4.78, 5) is 0. The van der Waals surface area contributed by atoms with Gasteiger partial charge >= 0.3 is 0 Å². The number of allylic oxidation sites excluding steroid dienone is 4. The SMILES string of the molecule is C=C1/C=C\C(C)=C/COc2cc(C)ccc21. The molecule has 0 spiro atoms. The lowest BCUT2D eigenvalue weighted by Crippen LogP contribution is -1.97. The summed E-state index contributed by atoms with van der Waals surface area (Å²) in [6.45, 7) is 8.81. The first kappa shape index (κ1) is 10.7. The molecule has 82 valence electrons. The van der Waals surface area contributed by atoms with Gasteiger partial charge in [0.25, 0.3) is 0 Å². The highest BCUT2D eigenvalue weighted by Gasteiger charge is 2.06. The molecule has 0 bridgehead atoms. The first-order valence-electron chi connectivity index (χ1n) is 5.44. The van der Waals surface area contributed by atoms with Gasteiger partial charge in [-0.25, -0.2) is 0 Å². The van der Waals surface area contributed by atoms with Gasteiger partial charge in [-0.2, -0.15) is 0 Å². The minimum atomic E-state index is 0.611. The summed E-state index contributed by atoms with van der Waals surface area (Å²) in [6, 6.07) is 6.21. The Balaban J connectivity index is 2.47. The van der Waals surface area contributed by atoms with Gasteiger partial charge in [0, 0.05) is 5.56 Å². The van der Waals surface area contributed by atoms with E-state index in [4.69, 9.17) is 4.74 Å². The first-order chi connectivity index (χ1) is 7.66. The van der Waals surface area contributed by atoms with E-state index in [1.54, 1.807) is 0 Å². The molecule has 16 heavy (non-hydrogen) atoms. The number of fused-ring (bicyclic) bond motifs is 1. The molecule has 0 amide bonds. The maximum atomic E-state index is 5.75. The van der Waals surface area contributed by atoms with Gasteiger partial charge in [-0.1, -0.05) is 36.4 Å². The van der Waals surface area contributed by atoms with Gasteiger partial charge in [0.15, 0.2) is 0 Å². The van der Waals surface area contributed by atoms with E-state index in [9.17, 15) is 0 Å². The highest BCUT2D eigenvalue weighted by atomic mass is 16.5. The summed E-state index contributed by atoms with van der Waals surface area (Å²) in [7, 11) is 0. The van der Waals surface area contributed by atoms with Crippen LogP contribution >= 0.6 is 0 Å². The van der Waals surface area contributed by atoms with Gasteiger partial charge in [0.1, 0.15) is 12.4 Å². The third kappa shape index (κ3) is 2.25. The van der Waals surface area contributed by atoms with Gasteiger partial charge in [0.2, 0.25) is 0 Å². The van der Waals surface area contributed by atoms with Crippen molar-refractivity contribution in [2.45, 2.75) is 13.8 Å². The average molecular weight is 212 g/mol. The summed E-state index contributed by atoms with van der Waals surface area (Å²) < 4.78 is 5.75. The average Bonchev–Trinajstić information content (AvgIpc) is 2.31. The van der Waals surface area contributed by atoms with E-state index in [2.05, 4.69) is 50.8 Å². The van der Waals surface area contributed by atoms with E-state index in [-0.39, 0.29) is 0 Å². The number of rotatable bonds is 0. The van der Waals surface area contributed by atoms with Crippen LogP contribution in [0.1, 0.15) is 18.1 Å². The third-order valence-corrected chi connectivity index (χ3v) is 2.67. The second-order valence-electron chi connectivity index (χ2n) is 4.12. The van der Waals surface area contributed by atoms with Crippen molar-refractivity contribution in [1.82, 2.24) is 0 Å². The van der Waals surface area contributed by atoms with Crippen molar-refractivity contribution in [3.8, 4) is 5.75 Å². The quantitative estimate of drug-likeness (QED) is 0.633. The number of benzene rings is 1. The molecule has 2 rings (SSSR count).